The van der Waals surface area contributed by atoms with E-state index in [0.29, 0.717) is 23.8 Å². The lowest BCUT2D eigenvalue weighted by atomic mass is 10.1. The molecule has 0 saturated heterocycles. The van der Waals surface area contributed by atoms with Crippen LogP contribution in [0.5, 0.6) is 5.75 Å². The Morgan fingerprint density at radius 1 is 1.00 bits per heavy atom. The quantitative estimate of drug-likeness (QED) is 0.375. The summed E-state index contributed by atoms with van der Waals surface area (Å²) < 4.78 is 5.34. The third kappa shape index (κ3) is 5.59. The van der Waals surface area contributed by atoms with Gasteiger partial charge in [0.15, 0.2) is 5.11 Å². The molecule has 1 heterocycles. The number of rotatable bonds is 7. The smallest absolute Gasteiger partial charge is 0.253 e. The average Bonchev–Trinajstić information content (AvgIpc) is 2.84. The Labute approximate surface area is 199 Å². The standard InChI is InChI=1S/C27H27N3O2S/c1-19(21-11-7-4-8-12-21)28-27(33)30(17-20-9-5-3-6-10-20)18-23-15-22-16-24(32-2)13-14-25(22)29-26(23)31/h3-16,19H,17-18H2,1-2H3,(H,28,33)(H,29,31)/t19-/m1/s1. The Bertz CT molecular complexity index is 1290. The van der Waals surface area contributed by atoms with Crippen LogP contribution in [0.2, 0.25) is 0 Å². The highest BCUT2D eigenvalue weighted by Crippen LogP contribution is 2.20. The first kappa shape index (κ1) is 22.6. The number of nitrogens with zero attached hydrogens (tertiary/aromatic N) is 1. The number of pyridine rings is 1. The predicted octanol–water partition coefficient (Wildman–Crippen LogP) is 5.17. The third-order valence-corrected chi connectivity index (χ3v) is 6.01. The van der Waals surface area contributed by atoms with E-state index >= 15 is 0 Å². The van der Waals surface area contributed by atoms with E-state index < -0.39 is 0 Å². The monoisotopic (exact) mass is 457 g/mol. The summed E-state index contributed by atoms with van der Waals surface area (Å²) in [7, 11) is 1.63. The van der Waals surface area contributed by atoms with Crippen LogP contribution >= 0.6 is 12.2 Å². The highest BCUT2D eigenvalue weighted by molar-refractivity contribution is 7.80. The number of aromatic amines is 1. The molecule has 6 heteroatoms. The Morgan fingerprint density at radius 3 is 2.39 bits per heavy atom. The van der Waals surface area contributed by atoms with Crippen LogP contribution in [-0.4, -0.2) is 22.1 Å². The van der Waals surface area contributed by atoms with Crippen molar-refractivity contribution < 1.29 is 4.74 Å². The van der Waals surface area contributed by atoms with Crippen LogP contribution in [0.1, 0.15) is 29.7 Å². The van der Waals surface area contributed by atoms with Gasteiger partial charge in [-0.2, -0.15) is 0 Å². The van der Waals surface area contributed by atoms with Crippen molar-refractivity contribution in [3.8, 4) is 5.75 Å². The van der Waals surface area contributed by atoms with Gasteiger partial charge in [0.25, 0.3) is 5.56 Å². The maximum atomic E-state index is 12.9. The van der Waals surface area contributed by atoms with Gasteiger partial charge in [-0.25, -0.2) is 0 Å². The Hall–Kier alpha value is -3.64. The molecule has 168 valence electrons. The molecule has 0 spiro atoms. The molecule has 0 aliphatic rings. The van der Waals surface area contributed by atoms with Crippen molar-refractivity contribution in [2.45, 2.75) is 26.1 Å². The number of H-pyrrole nitrogens is 1. The number of benzene rings is 3. The van der Waals surface area contributed by atoms with E-state index in [9.17, 15) is 4.79 Å². The number of thiocarbonyl (C=S) groups is 1. The molecule has 1 aromatic heterocycles. The van der Waals surface area contributed by atoms with Gasteiger partial charge >= 0.3 is 0 Å². The zero-order chi connectivity index (χ0) is 23.2. The van der Waals surface area contributed by atoms with E-state index in [1.807, 2.05) is 65.6 Å². The van der Waals surface area contributed by atoms with Gasteiger partial charge in [-0.05, 0) is 54.5 Å². The molecule has 3 aromatic carbocycles. The van der Waals surface area contributed by atoms with Crippen molar-refractivity contribution >= 4 is 28.2 Å². The Kier molecular flexibility index (Phi) is 7.05. The van der Waals surface area contributed by atoms with Crippen LogP contribution in [0, 0.1) is 0 Å². The van der Waals surface area contributed by atoms with Gasteiger partial charge in [0.2, 0.25) is 0 Å². The minimum absolute atomic E-state index is 0.0381. The lowest BCUT2D eigenvalue weighted by Gasteiger charge is -2.28. The van der Waals surface area contributed by atoms with Crippen LogP contribution in [0.4, 0.5) is 0 Å². The maximum absolute atomic E-state index is 12.9. The molecule has 0 aliphatic heterocycles. The molecule has 0 unspecified atom stereocenters. The molecule has 0 bridgehead atoms. The first-order valence-electron chi connectivity index (χ1n) is 10.9. The SMILES string of the molecule is COc1ccc2[nH]c(=O)c(CN(Cc3ccccc3)C(=S)N[C@H](C)c3ccccc3)cc2c1. The zero-order valence-corrected chi connectivity index (χ0v) is 19.6. The summed E-state index contributed by atoms with van der Waals surface area (Å²) in [5, 5.41) is 4.95. The molecule has 2 N–H and O–H groups in total. The number of fused-ring (bicyclic) bond motifs is 1. The van der Waals surface area contributed by atoms with Crippen molar-refractivity contribution in [1.82, 2.24) is 15.2 Å². The van der Waals surface area contributed by atoms with Gasteiger partial charge in [-0.1, -0.05) is 60.7 Å². The molecular weight excluding hydrogens is 430 g/mol. The van der Waals surface area contributed by atoms with Crippen LogP contribution in [0.3, 0.4) is 0 Å². The summed E-state index contributed by atoms with van der Waals surface area (Å²) in [5.41, 5.74) is 3.56. The minimum atomic E-state index is -0.121. The number of hydrogen-bond donors (Lipinski definition) is 2. The van der Waals surface area contributed by atoms with Crippen LogP contribution in [-0.2, 0) is 13.1 Å². The topological polar surface area (TPSA) is 57.4 Å². The summed E-state index contributed by atoms with van der Waals surface area (Å²) >= 11 is 5.81. The summed E-state index contributed by atoms with van der Waals surface area (Å²) in [4.78, 5) is 17.9. The molecule has 5 nitrogen and oxygen atoms in total. The largest absolute Gasteiger partial charge is 0.497 e. The van der Waals surface area contributed by atoms with E-state index in [4.69, 9.17) is 17.0 Å². The lowest BCUT2D eigenvalue weighted by molar-refractivity contribution is 0.392. The Morgan fingerprint density at radius 2 is 1.70 bits per heavy atom. The van der Waals surface area contributed by atoms with Crippen LogP contribution in [0.15, 0.2) is 89.7 Å². The molecule has 0 saturated carbocycles. The molecule has 1 atom stereocenters. The van der Waals surface area contributed by atoms with Crippen molar-refractivity contribution in [1.29, 1.82) is 0 Å². The third-order valence-electron chi connectivity index (χ3n) is 5.63. The number of aromatic nitrogens is 1. The molecule has 0 amide bonds. The van der Waals surface area contributed by atoms with Gasteiger partial charge in [-0.3, -0.25) is 4.79 Å². The number of nitrogens with one attached hydrogen (secondary N) is 2. The fourth-order valence-corrected chi connectivity index (χ4v) is 4.09. The second-order valence-electron chi connectivity index (χ2n) is 8.00. The van der Waals surface area contributed by atoms with Gasteiger partial charge in [-0.15, -0.1) is 0 Å². The molecule has 4 rings (SSSR count). The molecule has 33 heavy (non-hydrogen) atoms. The predicted molar refractivity (Wildman–Crippen MR) is 137 cm³/mol. The number of hydrogen-bond acceptors (Lipinski definition) is 3. The van der Waals surface area contributed by atoms with Gasteiger partial charge in [0, 0.05) is 23.0 Å². The van der Waals surface area contributed by atoms with Crippen molar-refractivity contribution in [3.05, 3.63) is 112 Å². The summed E-state index contributed by atoms with van der Waals surface area (Å²) in [6.07, 6.45) is 0. The molecule has 0 fully saturated rings. The van der Waals surface area contributed by atoms with E-state index in [-0.39, 0.29) is 11.6 Å². The molecular formula is C27H27N3O2S. The van der Waals surface area contributed by atoms with E-state index in [1.54, 1.807) is 7.11 Å². The average molecular weight is 458 g/mol. The fourth-order valence-electron chi connectivity index (χ4n) is 3.78. The summed E-state index contributed by atoms with van der Waals surface area (Å²) in [5.74, 6) is 0.746. The summed E-state index contributed by atoms with van der Waals surface area (Å²) in [6.45, 7) is 3.05. The van der Waals surface area contributed by atoms with Crippen LogP contribution < -0.4 is 15.6 Å². The lowest BCUT2D eigenvalue weighted by Crippen LogP contribution is -2.41. The first-order valence-corrected chi connectivity index (χ1v) is 11.3. The minimum Gasteiger partial charge on any atom is -0.497 e. The maximum Gasteiger partial charge on any atom is 0.253 e. The second-order valence-corrected chi connectivity index (χ2v) is 8.39. The summed E-state index contributed by atoms with van der Waals surface area (Å²) in [6, 6.07) is 27.9. The van der Waals surface area contributed by atoms with Gasteiger partial charge < -0.3 is 19.9 Å². The van der Waals surface area contributed by atoms with E-state index in [1.165, 1.54) is 0 Å². The zero-order valence-electron chi connectivity index (χ0n) is 18.7. The highest BCUT2D eigenvalue weighted by atomic mass is 32.1. The Balaban J connectivity index is 1.62. The number of methoxy groups -OCH3 is 1. The normalized spacial score (nSPS) is 11.7. The second kappa shape index (κ2) is 10.3. The van der Waals surface area contributed by atoms with Crippen molar-refractivity contribution in [2.75, 3.05) is 7.11 Å². The van der Waals surface area contributed by atoms with E-state index in [2.05, 4.69) is 41.5 Å². The van der Waals surface area contributed by atoms with E-state index in [0.717, 1.165) is 27.8 Å². The fraction of sp³-hybridized carbons (Fsp3) is 0.185. The molecule has 0 radical (unpaired) electrons. The number of ether oxygens (including phenoxy) is 1. The van der Waals surface area contributed by atoms with Crippen molar-refractivity contribution in [3.63, 3.8) is 0 Å². The van der Waals surface area contributed by atoms with Crippen LogP contribution in [0.25, 0.3) is 10.9 Å². The molecule has 0 aliphatic carbocycles. The van der Waals surface area contributed by atoms with Crippen molar-refractivity contribution in [2.24, 2.45) is 0 Å². The van der Waals surface area contributed by atoms with Gasteiger partial charge in [0.1, 0.15) is 5.75 Å². The highest BCUT2D eigenvalue weighted by Gasteiger charge is 2.16. The first-order chi connectivity index (χ1) is 16.0. The van der Waals surface area contributed by atoms with Gasteiger partial charge in [0.05, 0.1) is 19.7 Å². The molecule has 4 aromatic rings.